The Bertz CT molecular complexity index is 1140. The van der Waals surface area contributed by atoms with E-state index >= 15 is 0 Å². The maximum absolute atomic E-state index is 13.0. The Hall–Kier alpha value is -2.91. The summed E-state index contributed by atoms with van der Waals surface area (Å²) in [6.45, 7) is 2.07. The molecule has 1 amide bonds. The number of nitrogens with zero attached hydrogens (tertiary/aromatic N) is 1. The first kappa shape index (κ1) is 22.3. The van der Waals surface area contributed by atoms with Crippen molar-refractivity contribution in [2.75, 3.05) is 18.6 Å². The minimum absolute atomic E-state index is 0.0284. The summed E-state index contributed by atoms with van der Waals surface area (Å²) in [4.78, 5) is 27.3. The molecule has 1 saturated carbocycles. The van der Waals surface area contributed by atoms with E-state index in [-0.39, 0.29) is 28.2 Å². The highest BCUT2D eigenvalue weighted by atomic mass is 32.2. The minimum atomic E-state index is -3.85. The van der Waals surface area contributed by atoms with Crippen LogP contribution in [0.1, 0.15) is 42.1 Å². The van der Waals surface area contributed by atoms with Gasteiger partial charge in [0.05, 0.1) is 12.7 Å². The number of nitrogens with one attached hydrogen (secondary N) is 1. The van der Waals surface area contributed by atoms with Gasteiger partial charge in [-0.1, -0.05) is 18.2 Å². The molecule has 170 valence electrons. The Balaban J connectivity index is 1.51. The van der Waals surface area contributed by atoms with Crippen LogP contribution >= 0.6 is 0 Å². The molecule has 4 rings (SSSR count). The fourth-order valence-corrected chi connectivity index (χ4v) is 5.26. The maximum Gasteiger partial charge on any atom is 0.338 e. The van der Waals surface area contributed by atoms with Crippen LogP contribution in [-0.4, -0.2) is 46.1 Å². The Morgan fingerprint density at radius 2 is 1.91 bits per heavy atom. The SMILES string of the molecule is COc1ccc(C(=O)OC(C)C(=O)N2CCCc3ccccc32)cc1S(=O)(=O)NC1CC1. The number of ether oxygens (including phenoxy) is 2. The molecule has 2 aromatic carbocycles. The van der Waals surface area contributed by atoms with Gasteiger partial charge in [0.15, 0.2) is 6.10 Å². The zero-order valence-corrected chi connectivity index (χ0v) is 18.9. The first-order valence-corrected chi connectivity index (χ1v) is 12.1. The van der Waals surface area contributed by atoms with Gasteiger partial charge in [-0.2, -0.15) is 0 Å². The van der Waals surface area contributed by atoms with Gasteiger partial charge in [0.1, 0.15) is 10.6 Å². The van der Waals surface area contributed by atoms with E-state index in [2.05, 4.69) is 4.72 Å². The van der Waals surface area contributed by atoms with E-state index < -0.39 is 22.1 Å². The fourth-order valence-electron chi connectivity index (χ4n) is 3.76. The smallest absolute Gasteiger partial charge is 0.338 e. The van der Waals surface area contributed by atoms with Gasteiger partial charge < -0.3 is 14.4 Å². The molecule has 2 aliphatic rings. The predicted octanol–water partition coefficient (Wildman–Crippen LogP) is 2.66. The van der Waals surface area contributed by atoms with Gasteiger partial charge in [-0.25, -0.2) is 17.9 Å². The van der Waals surface area contributed by atoms with Crippen LogP contribution in [0.25, 0.3) is 0 Å². The number of carbonyl (C=O) groups excluding carboxylic acids is 2. The van der Waals surface area contributed by atoms with Crippen molar-refractivity contribution < 1.29 is 27.5 Å². The molecule has 8 nitrogen and oxygen atoms in total. The lowest BCUT2D eigenvalue weighted by Gasteiger charge is -2.31. The van der Waals surface area contributed by atoms with Gasteiger partial charge in [0.25, 0.3) is 5.91 Å². The normalized spacial score (nSPS) is 16.8. The van der Waals surface area contributed by atoms with E-state index in [1.165, 1.54) is 32.2 Å². The van der Waals surface area contributed by atoms with Gasteiger partial charge in [-0.3, -0.25) is 4.79 Å². The monoisotopic (exact) mass is 458 g/mol. The van der Waals surface area contributed by atoms with Crippen molar-refractivity contribution in [3.63, 3.8) is 0 Å². The maximum atomic E-state index is 13.0. The number of rotatable bonds is 7. The van der Waals surface area contributed by atoms with Crippen LogP contribution in [0.3, 0.4) is 0 Å². The summed E-state index contributed by atoms with van der Waals surface area (Å²) in [5.41, 5.74) is 1.94. The molecule has 0 spiro atoms. The third-order valence-corrected chi connectivity index (χ3v) is 7.14. The van der Waals surface area contributed by atoms with E-state index in [0.29, 0.717) is 6.54 Å². The van der Waals surface area contributed by atoms with E-state index in [9.17, 15) is 18.0 Å². The lowest BCUT2D eigenvalue weighted by atomic mass is 10.0. The number of methoxy groups -OCH3 is 1. The lowest BCUT2D eigenvalue weighted by Crippen LogP contribution is -2.42. The van der Waals surface area contributed by atoms with Gasteiger partial charge in [-0.15, -0.1) is 0 Å². The Labute approximate surface area is 187 Å². The first-order chi connectivity index (χ1) is 15.3. The predicted molar refractivity (Wildman–Crippen MR) is 118 cm³/mol. The first-order valence-electron chi connectivity index (χ1n) is 10.6. The molecule has 0 bridgehead atoms. The molecule has 1 aliphatic heterocycles. The third kappa shape index (κ3) is 4.63. The van der Waals surface area contributed by atoms with Gasteiger partial charge in [0.2, 0.25) is 10.0 Å². The second kappa shape index (κ2) is 8.91. The molecule has 9 heteroatoms. The van der Waals surface area contributed by atoms with Crippen molar-refractivity contribution >= 4 is 27.6 Å². The van der Waals surface area contributed by atoms with E-state index in [4.69, 9.17) is 9.47 Å². The van der Waals surface area contributed by atoms with Crippen molar-refractivity contribution in [2.24, 2.45) is 0 Å². The number of hydrogen-bond acceptors (Lipinski definition) is 6. The fraction of sp³-hybridized carbons (Fsp3) is 0.391. The number of esters is 1. The molecule has 1 atom stereocenters. The van der Waals surface area contributed by atoms with Crippen molar-refractivity contribution in [1.82, 2.24) is 4.72 Å². The Morgan fingerprint density at radius 3 is 2.62 bits per heavy atom. The number of anilines is 1. The number of carbonyl (C=O) groups is 2. The summed E-state index contributed by atoms with van der Waals surface area (Å²) in [5.74, 6) is -0.965. The second-order valence-corrected chi connectivity index (χ2v) is 9.71. The molecular formula is C23H26N2O6S. The molecule has 2 aromatic rings. The standard InChI is InChI=1S/C23H26N2O6S/c1-15(22(26)25-13-5-7-16-6-3-4-8-19(16)25)31-23(27)17-9-12-20(30-2)21(14-17)32(28,29)24-18-10-11-18/h3-4,6,8-9,12,14-15,18,24H,5,7,10-11,13H2,1-2H3. The Morgan fingerprint density at radius 1 is 1.16 bits per heavy atom. The largest absolute Gasteiger partial charge is 0.495 e. The summed E-state index contributed by atoms with van der Waals surface area (Å²) < 4.78 is 38.5. The number of fused-ring (bicyclic) bond motifs is 1. The number of para-hydroxylation sites is 1. The van der Waals surface area contributed by atoms with Crippen molar-refractivity contribution in [1.29, 1.82) is 0 Å². The number of benzene rings is 2. The minimum Gasteiger partial charge on any atom is -0.495 e. The zero-order valence-electron chi connectivity index (χ0n) is 18.0. The molecule has 0 radical (unpaired) electrons. The van der Waals surface area contributed by atoms with Crippen LogP contribution in [0.5, 0.6) is 5.75 Å². The quantitative estimate of drug-likeness (QED) is 0.640. The van der Waals surface area contributed by atoms with Crippen molar-refractivity contribution in [3.8, 4) is 5.75 Å². The van der Waals surface area contributed by atoms with Gasteiger partial charge in [0, 0.05) is 18.3 Å². The molecular weight excluding hydrogens is 432 g/mol. The molecule has 32 heavy (non-hydrogen) atoms. The lowest BCUT2D eigenvalue weighted by molar-refractivity contribution is -0.126. The average molecular weight is 459 g/mol. The highest BCUT2D eigenvalue weighted by Gasteiger charge is 2.32. The van der Waals surface area contributed by atoms with E-state index in [1.807, 2.05) is 24.3 Å². The van der Waals surface area contributed by atoms with Crippen molar-refractivity contribution in [2.45, 2.75) is 49.6 Å². The van der Waals surface area contributed by atoms with E-state index in [0.717, 1.165) is 36.9 Å². The van der Waals surface area contributed by atoms with Crippen molar-refractivity contribution in [3.05, 3.63) is 53.6 Å². The molecule has 1 heterocycles. The molecule has 1 aliphatic carbocycles. The highest BCUT2D eigenvalue weighted by molar-refractivity contribution is 7.89. The second-order valence-electron chi connectivity index (χ2n) is 8.03. The zero-order chi connectivity index (χ0) is 22.9. The molecule has 0 aromatic heterocycles. The summed E-state index contributed by atoms with van der Waals surface area (Å²) in [6, 6.07) is 11.6. The molecule has 1 N–H and O–H groups in total. The number of amides is 1. The van der Waals surface area contributed by atoms with E-state index in [1.54, 1.807) is 4.90 Å². The van der Waals surface area contributed by atoms with Crippen LogP contribution in [0.4, 0.5) is 5.69 Å². The van der Waals surface area contributed by atoms with Gasteiger partial charge in [-0.05, 0) is 62.4 Å². The summed E-state index contributed by atoms with van der Waals surface area (Å²) in [7, 11) is -2.49. The molecule has 1 fully saturated rings. The van der Waals surface area contributed by atoms with Crippen LogP contribution in [0, 0.1) is 0 Å². The average Bonchev–Trinajstić information content (AvgIpc) is 3.61. The number of aryl methyl sites for hydroxylation is 1. The molecule has 1 unspecified atom stereocenters. The van der Waals surface area contributed by atoms with Crippen LogP contribution < -0.4 is 14.4 Å². The molecule has 0 saturated heterocycles. The summed E-state index contributed by atoms with van der Waals surface area (Å²) in [5, 5.41) is 0. The van der Waals surface area contributed by atoms with Crippen LogP contribution in [0.2, 0.25) is 0 Å². The number of sulfonamides is 1. The Kier molecular flexibility index (Phi) is 6.21. The van der Waals surface area contributed by atoms with Crippen LogP contribution in [0.15, 0.2) is 47.4 Å². The topological polar surface area (TPSA) is 102 Å². The highest BCUT2D eigenvalue weighted by Crippen LogP contribution is 2.30. The summed E-state index contributed by atoms with van der Waals surface area (Å²) in [6.07, 6.45) is 2.26. The number of hydrogen-bond donors (Lipinski definition) is 1. The van der Waals surface area contributed by atoms with Crippen LogP contribution in [-0.2, 0) is 26.0 Å². The summed E-state index contributed by atoms with van der Waals surface area (Å²) >= 11 is 0. The van der Waals surface area contributed by atoms with Gasteiger partial charge >= 0.3 is 5.97 Å². The third-order valence-electron chi connectivity index (χ3n) is 5.60.